The number of nitrogens with one attached hydrogen (secondary N) is 3. The number of benzene rings is 1. The number of hydrogen-bond acceptors (Lipinski definition) is 7. The Morgan fingerprint density at radius 1 is 1.23 bits per heavy atom. The number of hydrogen-bond donors (Lipinski definition) is 3. The first-order valence-electron chi connectivity index (χ1n) is 9.76. The van der Waals surface area contributed by atoms with Crippen LogP contribution >= 0.6 is 0 Å². The molecule has 31 heavy (non-hydrogen) atoms. The smallest absolute Gasteiger partial charge is 0.289 e. The highest BCUT2D eigenvalue weighted by Gasteiger charge is 2.34. The van der Waals surface area contributed by atoms with Gasteiger partial charge in [0.05, 0.1) is 23.3 Å². The molecule has 0 aliphatic carbocycles. The Labute approximate surface area is 179 Å². The van der Waals surface area contributed by atoms with Gasteiger partial charge in [-0.15, -0.1) is 5.10 Å². The van der Waals surface area contributed by atoms with Crippen molar-refractivity contribution in [2.24, 2.45) is 5.92 Å². The molecular weight excluding hydrogens is 424 g/mol. The minimum absolute atomic E-state index is 0.00123. The number of fused-ring (bicyclic) bond motifs is 1. The van der Waals surface area contributed by atoms with Crippen molar-refractivity contribution < 1.29 is 22.8 Å². The van der Waals surface area contributed by atoms with Crippen LogP contribution < -0.4 is 15.4 Å². The van der Waals surface area contributed by atoms with E-state index in [1.54, 1.807) is 32.0 Å². The molecule has 0 saturated heterocycles. The molecule has 166 valence electrons. The molecule has 2 amide bonds. The molecular formula is C19H24N6O5S. The molecule has 12 heteroatoms. The van der Waals surface area contributed by atoms with Crippen molar-refractivity contribution in [2.75, 3.05) is 6.54 Å². The number of carbonyl (C=O) groups is 3. The van der Waals surface area contributed by atoms with Gasteiger partial charge in [0.1, 0.15) is 12.1 Å². The van der Waals surface area contributed by atoms with Crippen LogP contribution in [0.15, 0.2) is 41.4 Å². The number of carbonyl (C=O) groups excluding carboxylic acids is 3. The lowest BCUT2D eigenvalue weighted by molar-refractivity contribution is -0.140. The van der Waals surface area contributed by atoms with Gasteiger partial charge in [-0.05, 0) is 18.1 Å². The van der Waals surface area contributed by atoms with E-state index in [-0.39, 0.29) is 17.9 Å². The first-order valence-corrected chi connectivity index (χ1v) is 11.2. The zero-order chi connectivity index (χ0) is 22.6. The highest BCUT2D eigenvalue weighted by molar-refractivity contribution is 7.89. The van der Waals surface area contributed by atoms with Crippen molar-refractivity contribution >= 4 is 27.6 Å². The number of amides is 2. The molecule has 2 aromatic rings. The first kappa shape index (κ1) is 22.6. The second-order valence-corrected chi connectivity index (χ2v) is 9.20. The van der Waals surface area contributed by atoms with Crippen molar-refractivity contribution in [1.82, 2.24) is 30.3 Å². The van der Waals surface area contributed by atoms with Crippen LogP contribution in [0.4, 0.5) is 0 Å². The number of Topliss-reactive ketones (excluding diaryl/α,β-unsaturated/α-hetero) is 1. The number of ketones is 1. The van der Waals surface area contributed by atoms with Crippen LogP contribution in [-0.4, -0.2) is 59.6 Å². The second kappa shape index (κ2) is 9.35. The summed E-state index contributed by atoms with van der Waals surface area (Å²) in [6, 6.07) is 5.31. The van der Waals surface area contributed by atoms with Crippen LogP contribution in [0, 0.1) is 5.92 Å². The third-order valence-corrected chi connectivity index (χ3v) is 6.32. The minimum atomic E-state index is -3.97. The Bertz CT molecular complexity index is 1070. The summed E-state index contributed by atoms with van der Waals surface area (Å²) >= 11 is 0. The molecule has 2 atom stereocenters. The van der Waals surface area contributed by atoms with E-state index in [9.17, 15) is 22.8 Å². The molecule has 1 aliphatic rings. The van der Waals surface area contributed by atoms with Gasteiger partial charge in [0.2, 0.25) is 21.7 Å². The third-order valence-electron chi connectivity index (χ3n) is 4.86. The van der Waals surface area contributed by atoms with Gasteiger partial charge in [0, 0.05) is 13.0 Å². The summed E-state index contributed by atoms with van der Waals surface area (Å²) < 4.78 is 29.3. The van der Waals surface area contributed by atoms with Gasteiger partial charge < -0.3 is 10.6 Å². The lowest BCUT2D eigenvalue weighted by Gasteiger charge is -2.24. The van der Waals surface area contributed by atoms with Gasteiger partial charge in [0.25, 0.3) is 5.91 Å². The molecule has 1 aromatic heterocycles. The quantitative estimate of drug-likeness (QED) is 0.480. The lowest BCUT2D eigenvalue weighted by atomic mass is 10.0. The number of aromatic nitrogens is 3. The highest BCUT2D eigenvalue weighted by Crippen LogP contribution is 2.13. The van der Waals surface area contributed by atoms with Crippen LogP contribution in [0.2, 0.25) is 0 Å². The molecule has 2 unspecified atom stereocenters. The largest absolute Gasteiger partial charge is 0.348 e. The van der Waals surface area contributed by atoms with Gasteiger partial charge in [-0.2, -0.15) is 4.72 Å². The Morgan fingerprint density at radius 2 is 1.94 bits per heavy atom. The molecule has 3 N–H and O–H groups in total. The van der Waals surface area contributed by atoms with E-state index in [4.69, 9.17) is 0 Å². The van der Waals surface area contributed by atoms with Crippen LogP contribution in [0.25, 0.3) is 0 Å². The zero-order valence-corrected chi connectivity index (χ0v) is 17.9. The first-order chi connectivity index (χ1) is 14.7. The molecule has 1 aliphatic heterocycles. The van der Waals surface area contributed by atoms with Crippen LogP contribution in [0.3, 0.4) is 0 Å². The van der Waals surface area contributed by atoms with E-state index < -0.39 is 45.6 Å². The average Bonchev–Trinajstić information content (AvgIpc) is 3.18. The fourth-order valence-electron chi connectivity index (χ4n) is 3.15. The van der Waals surface area contributed by atoms with Crippen molar-refractivity contribution in [3.63, 3.8) is 0 Å². The molecule has 11 nitrogen and oxygen atoms in total. The molecule has 0 saturated carbocycles. The summed E-state index contributed by atoms with van der Waals surface area (Å²) in [7, 11) is -3.97. The normalized spacial score (nSPS) is 18.4. The Hall–Kier alpha value is -3.12. The van der Waals surface area contributed by atoms with Crippen molar-refractivity contribution in [2.45, 2.75) is 43.8 Å². The predicted molar refractivity (Wildman–Crippen MR) is 109 cm³/mol. The molecule has 3 rings (SSSR count). The summed E-state index contributed by atoms with van der Waals surface area (Å²) in [4.78, 5) is 37.7. The molecule has 2 heterocycles. The van der Waals surface area contributed by atoms with Crippen LogP contribution in [0.1, 0.15) is 19.5 Å². The minimum Gasteiger partial charge on any atom is -0.348 e. The molecule has 0 bridgehead atoms. The van der Waals surface area contributed by atoms with Gasteiger partial charge >= 0.3 is 0 Å². The average molecular weight is 449 g/mol. The topological polar surface area (TPSA) is 152 Å². The third kappa shape index (κ3) is 5.33. The molecule has 0 spiro atoms. The maximum atomic E-state index is 13.0. The second-order valence-electron chi connectivity index (χ2n) is 7.49. The predicted octanol–water partition coefficient (Wildman–Crippen LogP) is -0.993. The van der Waals surface area contributed by atoms with E-state index in [0.29, 0.717) is 12.2 Å². The van der Waals surface area contributed by atoms with Crippen molar-refractivity contribution in [1.29, 1.82) is 0 Å². The van der Waals surface area contributed by atoms with Gasteiger partial charge in [-0.3, -0.25) is 14.4 Å². The van der Waals surface area contributed by atoms with E-state index in [1.807, 2.05) is 0 Å². The Kier molecular flexibility index (Phi) is 6.81. The lowest BCUT2D eigenvalue weighted by Crippen LogP contribution is -2.55. The standard InChI is InChI=1S/C19H24N6O5S/c1-12(2)16(23-31(29,30)14-6-4-3-5-7-14)18(27)22-15-10-13-11-21-24-25(13)9-8-20-19(28)17(15)26/h3-7,11-12,15-16,23H,8-10H2,1-2H3,(H,20,28)(H,22,27). The maximum absolute atomic E-state index is 13.0. The summed E-state index contributed by atoms with van der Waals surface area (Å²) in [5.41, 5.74) is 0.570. The van der Waals surface area contributed by atoms with Gasteiger partial charge in [-0.25, -0.2) is 13.1 Å². The monoisotopic (exact) mass is 448 g/mol. The molecule has 0 fully saturated rings. The number of nitrogens with zero attached hydrogens (tertiary/aromatic N) is 3. The van der Waals surface area contributed by atoms with E-state index in [2.05, 4.69) is 25.7 Å². The summed E-state index contributed by atoms with van der Waals surface area (Å²) in [5, 5.41) is 12.7. The molecule has 1 aromatic carbocycles. The number of sulfonamides is 1. The molecule has 0 radical (unpaired) electrons. The maximum Gasteiger partial charge on any atom is 0.289 e. The number of rotatable bonds is 6. The fourth-order valence-corrected chi connectivity index (χ4v) is 4.52. The summed E-state index contributed by atoms with van der Waals surface area (Å²) in [6.07, 6.45) is 1.46. The van der Waals surface area contributed by atoms with Crippen LogP contribution in [0.5, 0.6) is 0 Å². The van der Waals surface area contributed by atoms with E-state index >= 15 is 0 Å². The van der Waals surface area contributed by atoms with E-state index in [0.717, 1.165) is 0 Å². The van der Waals surface area contributed by atoms with Crippen LogP contribution in [-0.2, 0) is 37.4 Å². The highest BCUT2D eigenvalue weighted by atomic mass is 32.2. The summed E-state index contributed by atoms with van der Waals surface area (Å²) in [5.74, 6) is -2.78. The van der Waals surface area contributed by atoms with E-state index in [1.165, 1.54) is 23.0 Å². The van der Waals surface area contributed by atoms with Crippen molar-refractivity contribution in [3.05, 3.63) is 42.2 Å². The fraction of sp³-hybridized carbons (Fsp3) is 0.421. The van der Waals surface area contributed by atoms with Crippen molar-refractivity contribution in [3.8, 4) is 0 Å². The Balaban J connectivity index is 1.82. The van der Waals surface area contributed by atoms with Gasteiger partial charge in [-0.1, -0.05) is 37.3 Å². The van der Waals surface area contributed by atoms with Gasteiger partial charge in [0.15, 0.2) is 0 Å². The summed E-state index contributed by atoms with van der Waals surface area (Å²) in [6.45, 7) is 3.87. The Morgan fingerprint density at radius 3 is 2.61 bits per heavy atom. The SMILES string of the molecule is CC(C)C(NS(=O)(=O)c1ccccc1)C(=O)NC1Cc2cnnn2CCNC(=O)C1=O. The zero-order valence-electron chi connectivity index (χ0n) is 17.1.